The molecule has 2 heterocycles. The van der Waals surface area contributed by atoms with E-state index in [1.807, 2.05) is 18.2 Å². The molecule has 1 spiro atoms. The summed E-state index contributed by atoms with van der Waals surface area (Å²) in [6.45, 7) is 4.72. The molecular weight excluding hydrogens is 850 g/mol. The average Bonchev–Trinajstić information content (AvgIpc) is 3.98. The monoisotopic (exact) mass is 891 g/mol. The summed E-state index contributed by atoms with van der Waals surface area (Å²) in [6, 6.07) is 78.7. The third-order valence-corrected chi connectivity index (χ3v) is 15.2. The summed E-state index contributed by atoms with van der Waals surface area (Å²) in [5, 5.41) is 2.80. The second-order valence-electron chi connectivity index (χ2n) is 18.9. The van der Waals surface area contributed by atoms with Crippen molar-refractivity contribution in [2.75, 3.05) is 4.90 Å². The molecule has 11 aromatic rings. The van der Waals surface area contributed by atoms with Crippen LogP contribution in [0.15, 0.2) is 223 Å². The van der Waals surface area contributed by atoms with Crippen LogP contribution in [0.2, 0.25) is 5.02 Å². The number of hydrogen-bond acceptors (Lipinski definition) is 3. The van der Waals surface area contributed by atoms with Gasteiger partial charge in [0, 0.05) is 61.0 Å². The maximum atomic E-state index is 7.12. The molecule has 0 bridgehead atoms. The molecular formula is C64H42ClNO2. The van der Waals surface area contributed by atoms with Crippen molar-refractivity contribution >= 4 is 50.6 Å². The van der Waals surface area contributed by atoms with E-state index in [2.05, 4.69) is 219 Å². The van der Waals surface area contributed by atoms with Crippen molar-refractivity contribution in [1.29, 1.82) is 0 Å². The lowest BCUT2D eigenvalue weighted by Gasteiger charge is -2.40. The summed E-state index contributed by atoms with van der Waals surface area (Å²) in [4.78, 5) is 2.39. The summed E-state index contributed by atoms with van der Waals surface area (Å²) in [7, 11) is 0. The first-order chi connectivity index (χ1) is 33.4. The lowest BCUT2D eigenvalue weighted by Crippen LogP contribution is -2.32. The summed E-state index contributed by atoms with van der Waals surface area (Å²) in [6.07, 6.45) is 0. The molecule has 322 valence electrons. The Morgan fingerprint density at radius 2 is 1.03 bits per heavy atom. The zero-order valence-corrected chi connectivity index (χ0v) is 38.2. The van der Waals surface area contributed by atoms with Gasteiger partial charge in [-0.2, -0.15) is 0 Å². The smallest absolute Gasteiger partial charge is 0.143 e. The lowest BCUT2D eigenvalue weighted by molar-refractivity contribution is 0.436. The second-order valence-corrected chi connectivity index (χ2v) is 19.3. The van der Waals surface area contributed by atoms with Crippen LogP contribution < -0.4 is 9.64 Å². The first-order valence-electron chi connectivity index (χ1n) is 23.3. The van der Waals surface area contributed by atoms with Crippen LogP contribution in [0, 0.1) is 0 Å². The summed E-state index contributed by atoms with van der Waals surface area (Å²) >= 11 is 6.91. The highest BCUT2D eigenvalue weighted by Crippen LogP contribution is 2.63. The van der Waals surface area contributed by atoms with Crippen molar-refractivity contribution in [1.82, 2.24) is 0 Å². The Balaban J connectivity index is 1.03. The fourth-order valence-corrected chi connectivity index (χ4v) is 12.3. The molecule has 0 amide bonds. The van der Waals surface area contributed by atoms with Crippen molar-refractivity contribution in [3.8, 4) is 56.0 Å². The van der Waals surface area contributed by atoms with E-state index in [-0.39, 0.29) is 5.41 Å². The molecule has 68 heavy (non-hydrogen) atoms. The molecule has 0 saturated carbocycles. The highest BCUT2D eigenvalue weighted by Gasteiger charge is 2.51. The molecule has 0 N–H and O–H groups in total. The summed E-state index contributed by atoms with van der Waals surface area (Å²) in [5.41, 5.74) is 20.7. The minimum atomic E-state index is -0.655. The van der Waals surface area contributed by atoms with Gasteiger partial charge in [-0.3, -0.25) is 0 Å². The number of ether oxygens (including phenoxy) is 1. The Morgan fingerprint density at radius 3 is 1.82 bits per heavy atom. The standard InChI is InChI=1S/C64H42ClNO2/c1-63(2)53-26-10-6-22-48(53)50-25-15-24-45(61(50)63)40-18-14-19-42(34-40)66(44-36-51(39-16-4-3-5-17-39)62-52(37-44)49-23-9-13-29-58(49)68-62)43-31-32-56-60(38-43)67-59-33-30-41(65)35-57(59)64(56)54-27-11-7-20-46(54)47-21-8-12-28-55(47)64/h3-38H,1-2H3. The maximum Gasteiger partial charge on any atom is 0.143 e. The molecule has 0 unspecified atom stereocenters. The van der Waals surface area contributed by atoms with E-state index in [9.17, 15) is 0 Å². The molecule has 0 fully saturated rings. The lowest BCUT2D eigenvalue weighted by atomic mass is 9.66. The maximum absolute atomic E-state index is 7.12. The van der Waals surface area contributed by atoms with E-state index in [0.29, 0.717) is 5.02 Å². The van der Waals surface area contributed by atoms with Crippen LogP contribution in [-0.2, 0) is 10.8 Å². The molecule has 14 rings (SSSR count). The minimum Gasteiger partial charge on any atom is -0.457 e. The molecule has 3 nitrogen and oxygen atoms in total. The SMILES string of the molecule is CC1(C)c2ccccc2-c2cccc(-c3cccc(N(c4ccc5c(c4)Oc4ccc(Cl)cc4C54c5ccccc5-c5ccccc54)c4cc(-c5ccccc5)c5oc6ccccc6c5c4)c3)c21. The van der Waals surface area contributed by atoms with E-state index >= 15 is 0 Å². The summed E-state index contributed by atoms with van der Waals surface area (Å²) in [5.74, 6) is 1.58. The van der Waals surface area contributed by atoms with Crippen molar-refractivity contribution < 1.29 is 9.15 Å². The topological polar surface area (TPSA) is 25.6 Å². The molecule has 1 aliphatic heterocycles. The second kappa shape index (κ2) is 14.4. The number of para-hydroxylation sites is 1. The van der Waals surface area contributed by atoms with E-state index in [0.717, 1.165) is 78.3 Å². The van der Waals surface area contributed by atoms with Gasteiger partial charge in [0.15, 0.2) is 0 Å². The Bertz CT molecular complexity index is 3850. The Kier molecular flexibility index (Phi) is 8.30. The molecule has 10 aromatic carbocycles. The number of anilines is 3. The largest absolute Gasteiger partial charge is 0.457 e. The van der Waals surface area contributed by atoms with Crippen molar-refractivity contribution in [2.24, 2.45) is 0 Å². The van der Waals surface area contributed by atoms with Gasteiger partial charge in [-0.25, -0.2) is 0 Å². The third kappa shape index (κ3) is 5.42. The fourth-order valence-electron chi connectivity index (χ4n) is 12.1. The number of benzene rings is 10. The quantitative estimate of drug-likeness (QED) is 0.172. The molecule has 1 aromatic heterocycles. The van der Waals surface area contributed by atoms with Gasteiger partial charge in [0.2, 0.25) is 0 Å². The van der Waals surface area contributed by atoms with Gasteiger partial charge in [0.1, 0.15) is 22.7 Å². The first-order valence-corrected chi connectivity index (χ1v) is 23.7. The van der Waals surface area contributed by atoms with Crippen LogP contribution in [0.4, 0.5) is 17.1 Å². The minimum absolute atomic E-state index is 0.181. The van der Waals surface area contributed by atoms with Crippen LogP contribution in [0.25, 0.3) is 66.4 Å². The predicted octanol–water partition coefficient (Wildman–Crippen LogP) is 17.8. The highest BCUT2D eigenvalue weighted by atomic mass is 35.5. The first kappa shape index (κ1) is 39.1. The zero-order valence-electron chi connectivity index (χ0n) is 37.4. The van der Waals surface area contributed by atoms with E-state index < -0.39 is 5.41 Å². The molecule has 4 heteroatoms. The Labute approximate surface area is 400 Å². The van der Waals surface area contributed by atoms with Gasteiger partial charge in [-0.05, 0) is 116 Å². The van der Waals surface area contributed by atoms with Crippen molar-refractivity contribution in [3.63, 3.8) is 0 Å². The highest BCUT2D eigenvalue weighted by molar-refractivity contribution is 6.30. The number of fused-ring (bicyclic) bond motifs is 15. The number of hydrogen-bond donors (Lipinski definition) is 0. The van der Waals surface area contributed by atoms with Crippen molar-refractivity contribution in [3.05, 3.63) is 257 Å². The molecule has 0 radical (unpaired) electrons. The number of nitrogens with zero attached hydrogens (tertiary/aromatic N) is 1. The van der Waals surface area contributed by atoms with Crippen LogP contribution in [0.3, 0.4) is 0 Å². The van der Waals surface area contributed by atoms with Crippen LogP contribution in [-0.4, -0.2) is 0 Å². The number of furan rings is 1. The third-order valence-electron chi connectivity index (χ3n) is 14.9. The molecule has 0 atom stereocenters. The van der Waals surface area contributed by atoms with Crippen LogP contribution in [0.5, 0.6) is 11.5 Å². The van der Waals surface area contributed by atoms with Crippen LogP contribution in [0.1, 0.15) is 47.2 Å². The fraction of sp³-hybridized carbons (Fsp3) is 0.0625. The average molecular weight is 892 g/mol. The van der Waals surface area contributed by atoms with E-state index in [4.69, 9.17) is 20.8 Å². The zero-order chi connectivity index (χ0) is 45.3. The van der Waals surface area contributed by atoms with E-state index in [1.165, 1.54) is 50.1 Å². The Hall–Kier alpha value is -8.11. The Morgan fingerprint density at radius 1 is 0.397 bits per heavy atom. The normalized spacial score (nSPS) is 14.2. The number of rotatable bonds is 5. The van der Waals surface area contributed by atoms with Gasteiger partial charge in [0.05, 0.1) is 5.41 Å². The molecule has 0 saturated heterocycles. The van der Waals surface area contributed by atoms with Gasteiger partial charge in [-0.15, -0.1) is 0 Å². The van der Waals surface area contributed by atoms with Crippen molar-refractivity contribution in [2.45, 2.75) is 24.7 Å². The molecule has 2 aliphatic carbocycles. The van der Waals surface area contributed by atoms with Gasteiger partial charge >= 0.3 is 0 Å². The van der Waals surface area contributed by atoms with Gasteiger partial charge in [0.25, 0.3) is 0 Å². The number of halogens is 1. The van der Waals surface area contributed by atoms with Crippen LogP contribution >= 0.6 is 11.6 Å². The predicted molar refractivity (Wildman–Crippen MR) is 279 cm³/mol. The van der Waals surface area contributed by atoms with E-state index in [1.54, 1.807) is 0 Å². The summed E-state index contributed by atoms with van der Waals surface area (Å²) < 4.78 is 13.8. The van der Waals surface area contributed by atoms with Gasteiger partial charge in [-0.1, -0.05) is 183 Å². The van der Waals surface area contributed by atoms with Gasteiger partial charge < -0.3 is 14.1 Å². The molecule has 3 aliphatic rings.